The van der Waals surface area contributed by atoms with Gasteiger partial charge >= 0.3 is 196 Å². The molecule has 0 radical (unpaired) electrons. The fraction of sp³-hybridized carbons (Fsp3) is 0.233. The molecule has 0 heterocycles. The van der Waals surface area contributed by atoms with Crippen molar-refractivity contribution in [3.8, 4) is 0 Å². The minimum absolute atomic E-state index is 0.514. The van der Waals surface area contributed by atoms with Gasteiger partial charge in [-0.15, -0.1) is 0 Å². The third-order valence-corrected chi connectivity index (χ3v) is 7.64. The van der Waals surface area contributed by atoms with E-state index >= 15 is 0 Å². The summed E-state index contributed by atoms with van der Waals surface area (Å²) < 4.78 is 1.28. The SMILES string of the molecule is C=C(C=C[C](=[V])c1cccc2c1C(c1ccccc1)C1CCCC21)Cc1ccccc1. The zero-order valence-electron chi connectivity index (χ0n) is 17.9. The van der Waals surface area contributed by atoms with Gasteiger partial charge in [-0.05, 0) is 0 Å². The third kappa shape index (κ3) is 4.08. The third-order valence-electron chi connectivity index (χ3n) is 7.03. The summed E-state index contributed by atoms with van der Waals surface area (Å²) in [5, 5.41) is 0. The molecule has 153 valence electrons. The molecule has 1 fully saturated rings. The fourth-order valence-corrected chi connectivity index (χ4v) is 6.16. The molecular weight excluding hydrogens is 411 g/mol. The van der Waals surface area contributed by atoms with Gasteiger partial charge in [0.05, 0.1) is 0 Å². The molecule has 0 amide bonds. The summed E-state index contributed by atoms with van der Waals surface area (Å²) in [6.07, 6.45) is 9.37. The molecule has 0 spiro atoms. The van der Waals surface area contributed by atoms with Gasteiger partial charge in [-0.3, -0.25) is 0 Å². The van der Waals surface area contributed by atoms with Crippen LogP contribution >= 0.6 is 0 Å². The Hall–Kier alpha value is -2.41. The predicted octanol–water partition coefficient (Wildman–Crippen LogP) is 7.14. The van der Waals surface area contributed by atoms with Gasteiger partial charge in [0.1, 0.15) is 0 Å². The van der Waals surface area contributed by atoms with Crippen LogP contribution in [0.2, 0.25) is 0 Å². The van der Waals surface area contributed by atoms with E-state index in [9.17, 15) is 0 Å². The quantitative estimate of drug-likeness (QED) is 0.358. The van der Waals surface area contributed by atoms with Crippen LogP contribution in [0.3, 0.4) is 0 Å². The average Bonchev–Trinajstić information content (AvgIpc) is 3.39. The molecular formula is C30H28V. The maximum absolute atomic E-state index is 4.29. The van der Waals surface area contributed by atoms with Crippen molar-refractivity contribution in [2.45, 2.75) is 37.5 Å². The van der Waals surface area contributed by atoms with Crippen LogP contribution in [0.5, 0.6) is 0 Å². The Morgan fingerprint density at radius 2 is 1.61 bits per heavy atom. The number of fused-ring (bicyclic) bond motifs is 3. The summed E-state index contributed by atoms with van der Waals surface area (Å²) in [5.74, 6) is 1.98. The molecule has 1 saturated carbocycles. The van der Waals surface area contributed by atoms with Crippen molar-refractivity contribution in [2.75, 3.05) is 0 Å². The van der Waals surface area contributed by atoms with Crippen molar-refractivity contribution >= 4 is 4.23 Å². The van der Waals surface area contributed by atoms with Crippen LogP contribution in [0.4, 0.5) is 0 Å². The van der Waals surface area contributed by atoms with Crippen LogP contribution in [-0.2, 0) is 23.4 Å². The molecule has 0 aliphatic heterocycles. The summed E-state index contributed by atoms with van der Waals surface area (Å²) in [5.41, 5.74) is 8.47. The van der Waals surface area contributed by atoms with Gasteiger partial charge < -0.3 is 0 Å². The molecule has 3 atom stereocenters. The normalized spacial score (nSPS) is 21.7. The standard InChI is InChI=1S/C30H28.V/c1-22(21-23-12-4-2-5-13-23)11-8-16-25-17-9-19-27-26-18-10-20-28(26)29(30(25)27)24-14-6-3-7-15-24;/h2-9,11-15,17,19,26,28-29H,1,10,18,20-21H2;. The minimum atomic E-state index is 0.514. The van der Waals surface area contributed by atoms with Crippen molar-refractivity contribution in [1.82, 2.24) is 0 Å². The molecule has 1 heteroatoms. The molecule has 3 unspecified atom stereocenters. The average molecular weight is 439 g/mol. The molecule has 5 rings (SSSR count). The number of allylic oxidation sites excluding steroid dienone is 3. The topological polar surface area (TPSA) is 0 Å². The Bertz CT molecular complexity index is 1120. The van der Waals surface area contributed by atoms with Crippen molar-refractivity contribution in [3.05, 3.63) is 131 Å². The van der Waals surface area contributed by atoms with Gasteiger partial charge in [-0.1, -0.05) is 0 Å². The van der Waals surface area contributed by atoms with E-state index < -0.39 is 0 Å². The van der Waals surface area contributed by atoms with Crippen LogP contribution < -0.4 is 0 Å². The number of benzene rings is 3. The van der Waals surface area contributed by atoms with E-state index in [-0.39, 0.29) is 0 Å². The first-order chi connectivity index (χ1) is 15.2. The zero-order valence-corrected chi connectivity index (χ0v) is 19.3. The summed E-state index contributed by atoms with van der Waals surface area (Å²) in [4.78, 5) is 0. The van der Waals surface area contributed by atoms with Gasteiger partial charge in [0.2, 0.25) is 0 Å². The van der Waals surface area contributed by atoms with E-state index in [0.29, 0.717) is 5.92 Å². The Morgan fingerprint density at radius 1 is 0.871 bits per heavy atom. The number of hydrogen-bond acceptors (Lipinski definition) is 0. The van der Waals surface area contributed by atoms with E-state index in [1.165, 1.54) is 40.2 Å². The first-order valence-electron chi connectivity index (χ1n) is 11.4. The van der Waals surface area contributed by atoms with E-state index in [1.54, 1.807) is 11.1 Å². The second-order valence-corrected chi connectivity index (χ2v) is 9.69. The van der Waals surface area contributed by atoms with E-state index in [0.717, 1.165) is 23.8 Å². The molecule has 31 heavy (non-hydrogen) atoms. The Kier molecular flexibility index (Phi) is 5.94. The first-order valence-corrected chi connectivity index (χ1v) is 12.1. The van der Waals surface area contributed by atoms with Gasteiger partial charge in [0.25, 0.3) is 0 Å². The van der Waals surface area contributed by atoms with Crippen molar-refractivity contribution in [3.63, 3.8) is 0 Å². The monoisotopic (exact) mass is 439 g/mol. The summed E-state index contributed by atoms with van der Waals surface area (Å²) in [7, 11) is 0. The number of rotatable bonds is 6. The van der Waals surface area contributed by atoms with Crippen molar-refractivity contribution in [1.29, 1.82) is 0 Å². The van der Waals surface area contributed by atoms with Crippen LogP contribution in [0.1, 0.15) is 58.9 Å². The van der Waals surface area contributed by atoms with Gasteiger partial charge in [0.15, 0.2) is 0 Å². The Labute approximate surface area is 195 Å². The van der Waals surface area contributed by atoms with E-state index in [2.05, 4.69) is 115 Å². The maximum atomic E-state index is 4.29. The molecule has 2 aliphatic rings. The van der Waals surface area contributed by atoms with Crippen LogP contribution in [0.15, 0.2) is 103 Å². The van der Waals surface area contributed by atoms with E-state index in [1.807, 2.05) is 0 Å². The van der Waals surface area contributed by atoms with Crippen molar-refractivity contribution < 1.29 is 17.0 Å². The molecule has 0 saturated heterocycles. The van der Waals surface area contributed by atoms with Crippen molar-refractivity contribution in [2.24, 2.45) is 5.92 Å². The first kappa shape index (κ1) is 20.5. The fourth-order valence-electron chi connectivity index (χ4n) is 5.74. The molecule has 3 aromatic carbocycles. The molecule has 3 aromatic rings. The second-order valence-electron chi connectivity index (χ2n) is 8.94. The molecule has 0 nitrogen and oxygen atoms in total. The predicted molar refractivity (Wildman–Crippen MR) is 127 cm³/mol. The Morgan fingerprint density at radius 3 is 2.39 bits per heavy atom. The summed E-state index contributed by atoms with van der Waals surface area (Å²) >= 11 is 2.82. The molecule has 0 bridgehead atoms. The Balaban J connectivity index is 1.45. The van der Waals surface area contributed by atoms with Crippen LogP contribution in [0, 0.1) is 5.92 Å². The van der Waals surface area contributed by atoms with Gasteiger partial charge in [0, 0.05) is 0 Å². The summed E-state index contributed by atoms with van der Waals surface area (Å²) in [6, 6.07) is 28.7. The molecule has 2 aliphatic carbocycles. The molecule has 0 aromatic heterocycles. The van der Waals surface area contributed by atoms with Crippen LogP contribution in [-0.4, -0.2) is 4.23 Å². The number of hydrogen-bond donors (Lipinski definition) is 0. The van der Waals surface area contributed by atoms with Gasteiger partial charge in [-0.2, -0.15) is 0 Å². The van der Waals surface area contributed by atoms with Crippen LogP contribution in [0.25, 0.3) is 0 Å². The summed E-state index contributed by atoms with van der Waals surface area (Å²) in [6.45, 7) is 4.29. The van der Waals surface area contributed by atoms with E-state index in [4.69, 9.17) is 0 Å². The van der Waals surface area contributed by atoms with Gasteiger partial charge in [-0.25, -0.2) is 0 Å². The zero-order chi connectivity index (χ0) is 21.2. The molecule has 0 N–H and O–H groups in total. The second kappa shape index (κ2) is 8.99.